The molecule has 2 aliphatic heterocycles. The predicted molar refractivity (Wildman–Crippen MR) is 94.1 cm³/mol. The van der Waals surface area contributed by atoms with E-state index in [2.05, 4.69) is 5.32 Å². The Morgan fingerprint density at radius 1 is 1.28 bits per heavy atom. The predicted octanol–water partition coefficient (Wildman–Crippen LogP) is 0.877. The molecule has 0 bridgehead atoms. The Morgan fingerprint density at radius 2 is 2.08 bits per heavy atom. The zero-order valence-corrected chi connectivity index (χ0v) is 14.9. The number of ether oxygens (including phenoxy) is 2. The number of benzene rings is 1. The number of hydrogen-bond donors (Lipinski definition) is 1. The Hall–Kier alpha value is -2.28. The largest absolute Gasteiger partial charge is 0.497 e. The van der Waals surface area contributed by atoms with Crippen LogP contribution in [-0.2, 0) is 9.59 Å². The van der Waals surface area contributed by atoms with Crippen LogP contribution in [0.4, 0.5) is 5.69 Å². The van der Waals surface area contributed by atoms with Crippen LogP contribution in [0.15, 0.2) is 18.2 Å². The molecule has 0 radical (unpaired) electrons. The number of anilines is 1. The molecule has 7 heteroatoms. The lowest BCUT2D eigenvalue weighted by atomic mass is 10.1. The van der Waals surface area contributed by atoms with Gasteiger partial charge in [0.15, 0.2) is 0 Å². The molecule has 2 heterocycles. The zero-order valence-electron chi connectivity index (χ0n) is 14.9. The van der Waals surface area contributed by atoms with E-state index in [1.807, 2.05) is 11.8 Å². The normalized spacial score (nSPS) is 23.7. The SMILES string of the molecule is COc1ccc(N2C[C@@H](C(=O)N3CCNC[C@@H]3C)CC2=O)c(OC)c1. The van der Waals surface area contributed by atoms with Crippen LogP contribution in [0, 0.1) is 5.92 Å². The molecule has 2 fully saturated rings. The number of hydrogen-bond acceptors (Lipinski definition) is 5. The number of carbonyl (C=O) groups excluding carboxylic acids is 2. The van der Waals surface area contributed by atoms with Gasteiger partial charge < -0.3 is 24.6 Å². The van der Waals surface area contributed by atoms with Gasteiger partial charge in [0.2, 0.25) is 11.8 Å². The maximum Gasteiger partial charge on any atom is 0.228 e. The molecule has 7 nitrogen and oxygen atoms in total. The van der Waals surface area contributed by atoms with E-state index in [0.29, 0.717) is 30.3 Å². The summed E-state index contributed by atoms with van der Waals surface area (Å²) in [6.45, 7) is 4.70. The lowest BCUT2D eigenvalue weighted by Crippen LogP contribution is -2.54. The number of carbonyl (C=O) groups is 2. The summed E-state index contributed by atoms with van der Waals surface area (Å²) < 4.78 is 10.6. The van der Waals surface area contributed by atoms with Crippen molar-refractivity contribution in [3.05, 3.63) is 18.2 Å². The van der Waals surface area contributed by atoms with Crippen LogP contribution in [-0.4, -0.2) is 63.2 Å². The molecule has 136 valence electrons. The maximum absolute atomic E-state index is 12.9. The van der Waals surface area contributed by atoms with Gasteiger partial charge in [0.1, 0.15) is 11.5 Å². The number of piperazine rings is 1. The summed E-state index contributed by atoms with van der Waals surface area (Å²) in [5, 5.41) is 3.28. The van der Waals surface area contributed by atoms with E-state index >= 15 is 0 Å². The molecule has 0 unspecified atom stereocenters. The molecule has 0 spiro atoms. The lowest BCUT2D eigenvalue weighted by molar-refractivity contribution is -0.138. The molecule has 2 saturated heterocycles. The molecule has 0 aliphatic carbocycles. The van der Waals surface area contributed by atoms with Crippen molar-refractivity contribution in [1.82, 2.24) is 10.2 Å². The second-order valence-electron chi connectivity index (χ2n) is 6.53. The highest BCUT2D eigenvalue weighted by atomic mass is 16.5. The summed E-state index contributed by atoms with van der Waals surface area (Å²) in [6, 6.07) is 5.49. The van der Waals surface area contributed by atoms with Gasteiger partial charge in [-0.05, 0) is 19.1 Å². The molecule has 2 aliphatic rings. The quantitative estimate of drug-likeness (QED) is 0.875. The highest BCUT2D eigenvalue weighted by Crippen LogP contribution is 2.36. The topological polar surface area (TPSA) is 71.1 Å². The van der Waals surface area contributed by atoms with E-state index in [1.165, 1.54) is 0 Å². The van der Waals surface area contributed by atoms with Gasteiger partial charge >= 0.3 is 0 Å². The van der Waals surface area contributed by atoms with Crippen LogP contribution < -0.4 is 19.7 Å². The first-order chi connectivity index (χ1) is 12.0. The third-order valence-electron chi connectivity index (χ3n) is 4.94. The molecular formula is C18H25N3O4. The first-order valence-corrected chi connectivity index (χ1v) is 8.58. The summed E-state index contributed by atoms with van der Waals surface area (Å²) in [6.07, 6.45) is 0.241. The van der Waals surface area contributed by atoms with Gasteiger partial charge in [-0.3, -0.25) is 9.59 Å². The van der Waals surface area contributed by atoms with Crippen molar-refractivity contribution in [3.8, 4) is 11.5 Å². The van der Waals surface area contributed by atoms with Crippen molar-refractivity contribution < 1.29 is 19.1 Å². The second-order valence-corrected chi connectivity index (χ2v) is 6.53. The van der Waals surface area contributed by atoms with Crippen molar-refractivity contribution in [3.63, 3.8) is 0 Å². The summed E-state index contributed by atoms with van der Waals surface area (Å²) in [5.41, 5.74) is 0.678. The molecule has 1 aromatic rings. The molecule has 25 heavy (non-hydrogen) atoms. The number of amides is 2. The van der Waals surface area contributed by atoms with E-state index in [4.69, 9.17) is 9.47 Å². The van der Waals surface area contributed by atoms with Crippen LogP contribution in [0.3, 0.4) is 0 Å². The second kappa shape index (κ2) is 7.31. The van der Waals surface area contributed by atoms with Crippen molar-refractivity contribution in [2.24, 2.45) is 5.92 Å². The molecule has 0 saturated carbocycles. The van der Waals surface area contributed by atoms with Gasteiger partial charge in [-0.25, -0.2) is 0 Å². The Bertz CT molecular complexity index is 664. The van der Waals surface area contributed by atoms with Crippen LogP contribution in [0.5, 0.6) is 11.5 Å². The van der Waals surface area contributed by atoms with E-state index in [-0.39, 0.29) is 30.2 Å². The summed E-state index contributed by atoms with van der Waals surface area (Å²) >= 11 is 0. The fraction of sp³-hybridized carbons (Fsp3) is 0.556. The number of rotatable bonds is 4. The standard InChI is InChI=1S/C18H25N3O4/c1-12-10-19-6-7-20(12)18(23)13-8-17(22)21(11-13)15-5-4-14(24-2)9-16(15)25-3/h4-5,9,12-13,19H,6-8,10-11H2,1-3H3/t12-,13-/m0/s1. The van der Waals surface area contributed by atoms with Gasteiger partial charge in [-0.2, -0.15) is 0 Å². The average molecular weight is 347 g/mol. The molecule has 1 N–H and O–H groups in total. The Balaban J connectivity index is 1.77. The molecule has 3 rings (SSSR count). The fourth-order valence-corrected chi connectivity index (χ4v) is 3.52. The molecular weight excluding hydrogens is 322 g/mol. The van der Waals surface area contributed by atoms with Crippen LogP contribution in [0.25, 0.3) is 0 Å². The van der Waals surface area contributed by atoms with Crippen LogP contribution in [0.2, 0.25) is 0 Å². The van der Waals surface area contributed by atoms with Gasteiger partial charge in [0.05, 0.1) is 25.8 Å². The van der Waals surface area contributed by atoms with Crippen LogP contribution >= 0.6 is 0 Å². The molecule has 1 aromatic carbocycles. The van der Waals surface area contributed by atoms with Gasteiger partial charge in [-0.15, -0.1) is 0 Å². The van der Waals surface area contributed by atoms with E-state index < -0.39 is 0 Å². The Morgan fingerprint density at radius 3 is 2.76 bits per heavy atom. The first kappa shape index (κ1) is 17.5. The maximum atomic E-state index is 12.9. The number of nitrogens with zero attached hydrogens (tertiary/aromatic N) is 2. The highest BCUT2D eigenvalue weighted by Gasteiger charge is 2.39. The van der Waals surface area contributed by atoms with Crippen molar-refractivity contribution in [1.29, 1.82) is 0 Å². The highest BCUT2D eigenvalue weighted by molar-refractivity contribution is 6.01. The van der Waals surface area contributed by atoms with Crippen molar-refractivity contribution in [2.75, 3.05) is 45.3 Å². The van der Waals surface area contributed by atoms with Crippen molar-refractivity contribution >= 4 is 17.5 Å². The minimum absolute atomic E-state index is 0.0513. The summed E-state index contributed by atoms with van der Waals surface area (Å²) in [7, 11) is 3.14. The lowest BCUT2D eigenvalue weighted by Gasteiger charge is -2.35. The minimum Gasteiger partial charge on any atom is -0.497 e. The Kier molecular flexibility index (Phi) is 5.13. The first-order valence-electron chi connectivity index (χ1n) is 8.58. The number of methoxy groups -OCH3 is 2. The molecule has 2 amide bonds. The summed E-state index contributed by atoms with van der Waals surface area (Å²) in [5.74, 6) is 0.938. The summed E-state index contributed by atoms with van der Waals surface area (Å²) in [4.78, 5) is 28.9. The fourth-order valence-electron chi connectivity index (χ4n) is 3.52. The van der Waals surface area contributed by atoms with Gasteiger partial charge in [-0.1, -0.05) is 0 Å². The smallest absolute Gasteiger partial charge is 0.228 e. The minimum atomic E-state index is -0.306. The number of nitrogens with one attached hydrogen (secondary N) is 1. The van der Waals surface area contributed by atoms with E-state index in [0.717, 1.165) is 13.1 Å². The molecule has 0 aromatic heterocycles. The third-order valence-corrected chi connectivity index (χ3v) is 4.94. The van der Waals surface area contributed by atoms with Gasteiger partial charge in [0, 0.05) is 44.7 Å². The van der Waals surface area contributed by atoms with Gasteiger partial charge in [0.25, 0.3) is 0 Å². The Labute approximate surface area is 147 Å². The average Bonchev–Trinajstić information content (AvgIpc) is 3.02. The monoisotopic (exact) mass is 347 g/mol. The van der Waals surface area contributed by atoms with E-state index in [9.17, 15) is 9.59 Å². The van der Waals surface area contributed by atoms with Crippen LogP contribution in [0.1, 0.15) is 13.3 Å². The van der Waals surface area contributed by atoms with E-state index in [1.54, 1.807) is 37.3 Å². The zero-order chi connectivity index (χ0) is 18.0. The third kappa shape index (κ3) is 3.42. The molecule has 2 atom stereocenters. The van der Waals surface area contributed by atoms with Crippen molar-refractivity contribution in [2.45, 2.75) is 19.4 Å².